The zero-order chi connectivity index (χ0) is 35.3. The highest BCUT2D eigenvalue weighted by Gasteiger charge is 2.37. The van der Waals surface area contributed by atoms with E-state index in [0.717, 1.165) is 66.1 Å². The molecule has 0 bridgehead atoms. The quantitative estimate of drug-likeness (QED) is 0.185. The summed E-state index contributed by atoms with van der Waals surface area (Å²) < 4.78 is 13.0. The van der Waals surface area contributed by atoms with Crippen LogP contribution in [0.25, 0.3) is 100 Å². The Balaban J connectivity index is 1.14. The fourth-order valence-corrected chi connectivity index (χ4v) is 8.53. The first-order valence-corrected chi connectivity index (χ1v) is 17.9. The maximum Gasteiger partial charge on any atom is 0.167 e. The molecule has 3 heterocycles. The van der Waals surface area contributed by atoms with Crippen LogP contribution in [0, 0.1) is 0 Å². The summed E-state index contributed by atoms with van der Waals surface area (Å²) in [7, 11) is 0. The highest BCUT2D eigenvalue weighted by Crippen LogP contribution is 2.52. The molecular formula is C48H31N3O2. The Hall–Kier alpha value is -6.85. The molecule has 0 unspecified atom stereocenters. The molecule has 7 aromatic carbocycles. The maximum atomic E-state index is 6.52. The lowest BCUT2D eigenvalue weighted by Crippen LogP contribution is -2.16. The predicted octanol–water partition coefficient (Wildman–Crippen LogP) is 12.6. The third-order valence-electron chi connectivity index (χ3n) is 10.9. The minimum Gasteiger partial charge on any atom is -0.456 e. The standard InChI is InChI=1S/C48H31N3O2/c1-48(2)38-22-8-6-15-31(38)33-18-10-17-30(43(33)48)29-25-26-40-37(27-29)42-35(20-12-24-41(42)52-40)46-49-45(28-13-4-3-5-14-28)50-47(51-46)36-21-11-19-34-32-16-7-9-23-39(32)53-44(34)36/h3-27H,1-2H3. The summed E-state index contributed by atoms with van der Waals surface area (Å²) >= 11 is 0. The molecule has 0 fully saturated rings. The van der Waals surface area contributed by atoms with Crippen LogP contribution in [-0.4, -0.2) is 15.0 Å². The van der Waals surface area contributed by atoms with Crippen molar-refractivity contribution in [1.82, 2.24) is 15.0 Å². The summed E-state index contributed by atoms with van der Waals surface area (Å²) in [6.45, 7) is 4.67. The van der Waals surface area contributed by atoms with Crippen molar-refractivity contribution in [3.63, 3.8) is 0 Å². The predicted molar refractivity (Wildman–Crippen MR) is 214 cm³/mol. The van der Waals surface area contributed by atoms with Crippen LogP contribution in [0.4, 0.5) is 0 Å². The first kappa shape index (κ1) is 29.8. The Morgan fingerprint density at radius 1 is 0.415 bits per heavy atom. The number of hydrogen-bond donors (Lipinski definition) is 0. The van der Waals surface area contributed by atoms with Gasteiger partial charge >= 0.3 is 0 Å². The molecule has 11 rings (SSSR count). The third kappa shape index (κ3) is 4.40. The average Bonchev–Trinajstić information content (AvgIpc) is 3.85. The topological polar surface area (TPSA) is 65.0 Å². The highest BCUT2D eigenvalue weighted by molar-refractivity contribution is 6.13. The fourth-order valence-electron chi connectivity index (χ4n) is 8.53. The number of aromatic nitrogens is 3. The zero-order valence-electron chi connectivity index (χ0n) is 29.1. The normalized spacial score (nSPS) is 13.2. The molecular weight excluding hydrogens is 651 g/mol. The first-order valence-electron chi connectivity index (χ1n) is 17.9. The number of furan rings is 2. The summed E-state index contributed by atoms with van der Waals surface area (Å²) in [4.78, 5) is 15.4. The van der Waals surface area contributed by atoms with Crippen LogP contribution in [-0.2, 0) is 5.41 Å². The van der Waals surface area contributed by atoms with Crippen LogP contribution in [0.15, 0.2) is 160 Å². The summed E-state index contributed by atoms with van der Waals surface area (Å²) in [6, 6.07) is 52.5. The Labute approximate surface area is 305 Å². The fraction of sp³-hybridized carbons (Fsp3) is 0.0625. The van der Waals surface area contributed by atoms with E-state index in [0.29, 0.717) is 17.5 Å². The number of rotatable bonds is 4. The van der Waals surface area contributed by atoms with E-state index < -0.39 is 0 Å². The van der Waals surface area contributed by atoms with Gasteiger partial charge in [0.15, 0.2) is 17.5 Å². The van der Waals surface area contributed by atoms with Gasteiger partial charge in [0, 0.05) is 38.1 Å². The van der Waals surface area contributed by atoms with E-state index in [1.165, 1.54) is 27.8 Å². The lowest BCUT2D eigenvalue weighted by atomic mass is 9.79. The van der Waals surface area contributed by atoms with Crippen molar-refractivity contribution in [2.45, 2.75) is 19.3 Å². The molecule has 0 saturated carbocycles. The van der Waals surface area contributed by atoms with Crippen LogP contribution in [0.5, 0.6) is 0 Å². The van der Waals surface area contributed by atoms with E-state index in [1.54, 1.807) is 0 Å². The average molecular weight is 682 g/mol. The van der Waals surface area contributed by atoms with Gasteiger partial charge in [0.05, 0.1) is 5.56 Å². The summed E-state index contributed by atoms with van der Waals surface area (Å²) in [5.41, 5.74) is 13.3. The molecule has 0 radical (unpaired) electrons. The molecule has 10 aromatic rings. The minimum absolute atomic E-state index is 0.140. The number of hydrogen-bond acceptors (Lipinski definition) is 5. The summed E-state index contributed by atoms with van der Waals surface area (Å²) in [6.07, 6.45) is 0. The molecule has 3 aromatic heterocycles. The van der Waals surface area contributed by atoms with E-state index in [1.807, 2.05) is 72.8 Å². The Morgan fingerprint density at radius 3 is 1.94 bits per heavy atom. The van der Waals surface area contributed by atoms with Crippen LogP contribution < -0.4 is 0 Å². The Kier molecular flexibility index (Phi) is 6.23. The van der Waals surface area contributed by atoms with E-state index in [-0.39, 0.29) is 5.41 Å². The maximum absolute atomic E-state index is 6.52. The third-order valence-corrected chi connectivity index (χ3v) is 10.9. The Morgan fingerprint density at radius 2 is 1.04 bits per heavy atom. The van der Waals surface area contributed by atoms with Crippen LogP contribution in [0.1, 0.15) is 25.0 Å². The van der Waals surface area contributed by atoms with Gasteiger partial charge in [-0.1, -0.05) is 135 Å². The second kappa shape index (κ2) is 11.1. The van der Waals surface area contributed by atoms with Crippen molar-refractivity contribution in [3.05, 3.63) is 163 Å². The molecule has 0 atom stereocenters. The van der Waals surface area contributed by atoms with E-state index in [4.69, 9.17) is 23.8 Å². The summed E-state index contributed by atoms with van der Waals surface area (Å²) in [5.74, 6) is 1.70. The molecule has 0 saturated heterocycles. The van der Waals surface area contributed by atoms with Gasteiger partial charge in [-0.3, -0.25) is 0 Å². The van der Waals surface area contributed by atoms with Crippen molar-refractivity contribution in [1.29, 1.82) is 0 Å². The second-order valence-electron chi connectivity index (χ2n) is 14.3. The number of fused-ring (bicyclic) bond motifs is 9. The van der Waals surface area contributed by atoms with Gasteiger partial charge in [-0.05, 0) is 63.7 Å². The van der Waals surface area contributed by atoms with Gasteiger partial charge in [-0.2, -0.15) is 0 Å². The van der Waals surface area contributed by atoms with Crippen molar-refractivity contribution in [2.24, 2.45) is 0 Å². The smallest absolute Gasteiger partial charge is 0.167 e. The van der Waals surface area contributed by atoms with Gasteiger partial charge in [-0.25, -0.2) is 15.0 Å². The van der Waals surface area contributed by atoms with Crippen molar-refractivity contribution < 1.29 is 8.83 Å². The van der Waals surface area contributed by atoms with E-state index in [9.17, 15) is 0 Å². The van der Waals surface area contributed by atoms with Gasteiger partial charge in [-0.15, -0.1) is 0 Å². The zero-order valence-corrected chi connectivity index (χ0v) is 29.1. The molecule has 1 aliphatic carbocycles. The van der Waals surface area contributed by atoms with Crippen LogP contribution in [0.3, 0.4) is 0 Å². The molecule has 0 spiro atoms. The molecule has 0 N–H and O–H groups in total. The highest BCUT2D eigenvalue weighted by atomic mass is 16.3. The van der Waals surface area contributed by atoms with E-state index in [2.05, 4.69) is 92.7 Å². The van der Waals surface area contributed by atoms with Crippen molar-refractivity contribution >= 4 is 43.9 Å². The number of para-hydroxylation sites is 2. The second-order valence-corrected chi connectivity index (χ2v) is 14.3. The van der Waals surface area contributed by atoms with Crippen molar-refractivity contribution in [3.8, 4) is 56.4 Å². The Bertz CT molecular complexity index is 3100. The SMILES string of the molecule is CC1(C)c2ccccc2-c2cccc(-c3ccc4oc5cccc(-c6nc(-c7ccccc7)nc(-c7cccc8c7oc7ccccc78)n6)c5c4c3)c21. The van der Waals surface area contributed by atoms with Gasteiger partial charge in [0.2, 0.25) is 0 Å². The molecule has 1 aliphatic rings. The van der Waals surface area contributed by atoms with Gasteiger partial charge in [0.1, 0.15) is 22.3 Å². The van der Waals surface area contributed by atoms with Crippen LogP contribution in [0.2, 0.25) is 0 Å². The minimum atomic E-state index is -0.140. The molecule has 5 nitrogen and oxygen atoms in total. The molecule has 0 aliphatic heterocycles. The number of nitrogens with zero attached hydrogens (tertiary/aromatic N) is 3. The lowest BCUT2D eigenvalue weighted by molar-refractivity contribution is 0.662. The first-order chi connectivity index (χ1) is 26.0. The van der Waals surface area contributed by atoms with Gasteiger partial charge in [0.25, 0.3) is 0 Å². The van der Waals surface area contributed by atoms with Crippen molar-refractivity contribution in [2.75, 3.05) is 0 Å². The number of benzene rings is 7. The lowest BCUT2D eigenvalue weighted by Gasteiger charge is -2.24. The summed E-state index contributed by atoms with van der Waals surface area (Å²) in [5, 5.41) is 4.07. The molecule has 5 heteroatoms. The largest absolute Gasteiger partial charge is 0.456 e. The van der Waals surface area contributed by atoms with E-state index >= 15 is 0 Å². The molecule has 0 amide bonds. The molecule has 250 valence electrons. The van der Waals surface area contributed by atoms with Gasteiger partial charge < -0.3 is 8.83 Å². The van der Waals surface area contributed by atoms with Crippen LogP contribution >= 0.6 is 0 Å². The molecule has 53 heavy (non-hydrogen) atoms. The monoisotopic (exact) mass is 681 g/mol.